The Morgan fingerprint density at radius 1 is 1.20 bits per heavy atom. The zero-order valence-corrected chi connectivity index (χ0v) is 22.1. The van der Waals surface area contributed by atoms with Gasteiger partial charge in [0.1, 0.15) is 17.3 Å². The van der Waals surface area contributed by atoms with E-state index in [2.05, 4.69) is 21.4 Å². The molecule has 4 fully saturated rings. The van der Waals surface area contributed by atoms with Gasteiger partial charge < -0.3 is 15.4 Å². The number of nitrogens with two attached hydrogens (primary N) is 1. The smallest absolute Gasteiger partial charge is 0.414 e. The lowest BCUT2D eigenvalue weighted by Gasteiger charge is -2.25. The Morgan fingerprint density at radius 2 is 1.98 bits per heavy atom. The van der Waals surface area contributed by atoms with Gasteiger partial charge in [-0.3, -0.25) is 14.7 Å². The molecule has 2 amide bonds. The van der Waals surface area contributed by atoms with Crippen molar-refractivity contribution >= 4 is 30.1 Å². The number of nitriles is 1. The van der Waals surface area contributed by atoms with Crippen LogP contribution in [0.3, 0.4) is 0 Å². The molecule has 2 aromatic heterocycles. The highest BCUT2D eigenvalue weighted by molar-refractivity contribution is 5.90. The summed E-state index contributed by atoms with van der Waals surface area (Å²) in [5.74, 6) is -0.469. The number of halogens is 2. The quantitative estimate of drug-likeness (QED) is 0.480. The first kappa shape index (κ1) is 26.2. The van der Waals surface area contributed by atoms with Crippen molar-refractivity contribution in [2.75, 3.05) is 24.5 Å². The van der Waals surface area contributed by atoms with Crippen LogP contribution >= 0.6 is 12.4 Å². The first-order chi connectivity index (χ1) is 18.8. The van der Waals surface area contributed by atoms with Crippen LogP contribution in [0.4, 0.5) is 14.9 Å². The van der Waals surface area contributed by atoms with Crippen LogP contribution in [0.2, 0.25) is 0 Å². The number of hydrogen-bond acceptors (Lipinski definition) is 8. The van der Waals surface area contributed by atoms with E-state index in [0.29, 0.717) is 55.0 Å². The van der Waals surface area contributed by atoms with E-state index in [1.807, 2.05) is 0 Å². The van der Waals surface area contributed by atoms with Crippen LogP contribution in [0.25, 0.3) is 11.1 Å². The maximum Gasteiger partial charge on any atom is 0.414 e. The fourth-order valence-corrected chi connectivity index (χ4v) is 6.13. The summed E-state index contributed by atoms with van der Waals surface area (Å²) in [6, 6.07) is 10.6. The number of ether oxygens (including phenoxy) is 1. The van der Waals surface area contributed by atoms with Gasteiger partial charge in [-0.1, -0.05) is 11.3 Å². The molecule has 0 radical (unpaired) electrons. The van der Waals surface area contributed by atoms with Crippen LogP contribution in [-0.2, 0) is 21.5 Å². The molecule has 2 aliphatic carbocycles. The van der Waals surface area contributed by atoms with E-state index in [1.54, 1.807) is 52.4 Å². The third-order valence-electron chi connectivity index (χ3n) is 8.57. The molecule has 13 heteroatoms. The van der Waals surface area contributed by atoms with Crippen molar-refractivity contribution in [1.82, 2.24) is 24.9 Å². The number of carbonyl (C=O) groups is 2. The molecule has 4 heterocycles. The molecule has 3 aromatic rings. The minimum atomic E-state index is -0.734. The first-order valence-corrected chi connectivity index (χ1v) is 12.9. The number of likely N-dealkylation sites (tertiary alicyclic amines) is 1. The van der Waals surface area contributed by atoms with E-state index in [0.717, 1.165) is 0 Å². The first-order valence-electron chi connectivity index (χ1n) is 12.9. The number of carbonyl (C=O) groups excluding carboxylic acids is 2. The van der Waals surface area contributed by atoms with E-state index in [-0.39, 0.29) is 36.7 Å². The lowest BCUT2D eigenvalue weighted by Crippen LogP contribution is -2.46. The molecular weight excluding hydrogens is 539 g/mol. The minimum absolute atomic E-state index is 0. The minimum Gasteiger partial charge on any atom is -0.442 e. The summed E-state index contributed by atoms with van der Waals surface area (Å²) in [6.45, 7) is 1.64. The van der Waals surface area contributed by atoms with Crippen molar-refractivity contribution in [3.8, 4) is 17.2 Å². The number of amides is 2. The summed E-state index contributed by atoms with van der Waals surface area (Å²) in [7, 11) is 0. The van der Waals surface area contributed by atoms with Gasteiger partial charge in [-0.05, 0) is 37.1 Å². The van der Waals surface area contributed by atoms with Gasteiger partial charge in [0.25, 0.3) is 0 Å². The van der Waals surface area contributed by atoms with Gasteiger partial charge >= 0.3 is 6.09 Å². The Kier molecular flexibility index (Phi) is 6.05. The summed E-state index contributed by atoms with van der Waals surface area (Å²) in [5.41, 5.74) is 6.56. The number of pyridine rings is 1. The topological polar surface area (TPSA) is 143 Å². The van der Waals surface area contributed by atoms with Crippen LogP contribution in [0.15, 0.2) is 48.9 Å². The highest BCUT2D eigenvalue weighted by atomic mass is 35.5. The van der Waals surface area contributed by atoms with Crippen molar-refractivity contribution in [1.29, 1.82) is 5.26 Å². The van der Waals surface area contributed by atoms with Crippen molar-refractivity contribution < 1.29 is 18.7 Å². The van der Waals surface area contributed by atoms with Gasteiger partial charge in [0, 0.05) is 48.4 Å². The van der Waals surface area contributed by atoms with Crippen LogP contribution < -0.4 is 10.6 Å². The lowest BCUT2D eigenvalue weighted by atomic mass is 9.95. The second-order valence-corrected chi connectivity index (χ2v) is 10.9. The third-order valence-corrected chi connectivity index (χ3v) is 8.57. The number of cyclic esters (lactones) is 1. The number of hydrogen-bond donors (Lipinski definition) is 1. The van der Waals surface area contributed by atoms with Gasteiger partial charge in [-0.25, -0.2) is 13.9 Å². The summed E-state index contributed by atoms with van der Waals surface area (Å²) in [5, 5.41) is 17.7. The van der Waals surface area contributed by atoms with Gasteiger partial charge in [0.2, 0.25) is 5.91 Å². The summed E-state index contributed by atoms with van der Waals surface area (Å²) in [6.07, 6.45) is 5.25. The molecule has 206 valence electrons. The number of piperidine rings is 1. The number of nitrogens with zero attached hydrogens (tertiary/aromatic N) is 7. The standard InChI is InChI=1S/C27H25FN8O3.ClH/c28-22-9-17(36-12-18(39-25(36)38)11-35-8-7-32-33-35)2-3-19(22)16-1-4-23(31-10-16)27(15-29)20-13-34(14-21(20)27)24(37)26(30)5-6-26;/h1-4,7-10,18,20-21H,5-6,11-14,30H2;1H/t18-,20?,21?,27?;/m0./s1. The average molecular weight is 565 g/mol. The van der Waals surface area contributed by atoms with Gasteiger partial charge in [0.05, 0.1) is 42.3 Å². The molecule has 4 aliphatic rings. The molecule has 40 heavy (non-hydrogen) atoms. The van der Waals surface area contributed by atoms with Crippen molar-refractivity contribution in [2.45, 2.75) is 36.4 Å². The summed E-state index contributed by atoms with van der Waals surface area (Å²) in [4.78, 5) is 32.7. The van der Waals surface area contributed by atoms with E-state index >= 15 is 4.39 Å². The molecule has 2 aliphatic heterocycles. The number of rotatable bonds is 6. The number of aromatic nitrogens is 4. The SMILES string of the molecule is Cl.N#CC1(c2ccc(-c3ccc(N4C[C@H](Cn5ccnn5)OC4=O)cc3F)cn2)C2CN(C(=O)C3(N)CC3)CC21. The number of benzene rings is 1. The van der Waals surface area contributed by atoms with Gasteiger partial charge in [-0.2, -0.15) is 5.26 Å². The second-order valence-electron chi connectivity index (χ2n) is 10.9. The Balaban J connectivity index is 0.00000289. The molecule has 7 rings (SSSR count). The van der Waals surface area contributed by atoms with Crippen molar-refractivity contribution in [3.63, 3.8) is 0 Å². The molecule has 0 spiro atoms. The Hall–Kier alpha value is -4.08. The molecule has 2 saturated heterocycles. The molecule has 2 saturated carbocycles. The zero-order valence-electron chi connectivity index (χ0n) is 21.3. The Bertz CT molecular complexity index is 1510. The number of anilines is 1. The fourth-order valence-electron chi connectivity index (χ4n) is 6.13. The highest BCUT2D eigenvalue weighted by Crippen LogP contribution is 2.63. The highest BCUT2D eigenvalue weighted by Gasteiger charge is 2.72. The van der Waals surface area contributed by atoms with Crippen molar-refractivity contribution in [3.05, 3.63) is 60.4 Å². The Labute approximate surface area is 235 Å². The molecule has 2 N–H and O–H groups in total. The number of fused-ring (bicyclic) bond motifs is 1. The summed E-state index contributed by atoms with van der Waals surface area (Å²) >= 11 is 0. The summed E-state index contributed by atoms with van der Waals surface area (Å²) < 4.78 is 22.2. The molecule has 2 unspecified atom stereocenters. The molecule has 0 bridgehead atoms. The van der Waals surface area contributed by atoms with E-state index in [9.17, 15) is 14.9 Å². The largest absolute Gasteiger partial charge is 0.442 e. The fraction of sp³-hybridized carbons (Fsp3) is 0.407. The Morgan fingerprint density at radius 3 is 2.58 bits per heavy atom. The van der Waals surface area contributed by atoms with E-state index < -0.39 is 29.0 Å². The molecule has 1 aromatic carbocycles. The maximum absolute atomic E-state index is 15.2. The van der Waals surface area contributed by atoms with Gasteiger partial charge in [0.15, 0.2) is 0 Å². The van der Waals surface area contributed by atoms with Crippen LogP contribution in [0.1, 0.15) is 18.5 Å². The average Bonchev–Trinajstić information content (AvgIpc) is 3.49. The molecule has 3 atom stereocenters. The van der Waals surface area contributed by atoms with Crippen LogP contribution in [0.5, 0.6) is 0 Å². The van der Waals surface area contributed by atoms with Crippen LogP contribution in [-0.4, -0.2) is 68.2 Å². The van der Waals surface area contributed by atoms with E-state index in [1.165, 1.54) is 11.0 Å². The monoisotopic (exact) mass is 564 g/mol. The normalized spacial score (nSPS) is 27.4. The zero-order chi connectivity index (χ0) is 26.9. The second kappa shape index (κ2) is 9.25. The lowest BCUT2D eigenvalue weighted by molar-refractivity contribution is -0.133. The third kappa shape index (κ3) is 4.00. The van der Waals surface area contributed by atoms with Crippen LogP contribution in [0, 0.1) is 29.0 Å². The van der Waals surface area contributed by atoms with Gasteiger partial charge in [-0.15, -0.1) is 17.5 Å². The predicted octanol–water partition coefficient (Wildman–Crippen LogP) is 2.27. The molecule has 11 nitrogen and oxygen atoms in total. The predicted molar refractivity (Wildman–Crippen MR) is 142 cm³/mol. The molecular formula is C27H26ClFN8O3. The maximum atomic E-state index is 15.2. The van der Waals surface area contributed by atoms with Crippen molar-refractivity contribution in [2.24, 2.45) is 17.6 Å². The van der Waals surface area contributed by atoms with E-state index in [4.69, 9.17) is 10.5 Å².